The van der Waals surface area contributed by atoms with Crippen molar-refractivity contribution in [3.05, 3.63) is 39.3 Å². The predicted molar refractivity (Wildman–Crippen MR) is 97.8 cm³/mol. The number of carbonyl (C=O) groups excluding carboxylic acids is 1. The maximum absolute atomic E-state index is 12.6. The molecule has 0 saturated carbocycles. The second kappa shape index (κ2) is 6.89. The topological polar surface area (TPSA) is 71.9 Å². The molecule has 26 heavy (non-hydrogen) atoms. The number of aliphatic hydroxyl groups excluding tert-OH is 1. The van der Waals surface area contributed by atoms with Gasteiger partial charge in [-0.2, -0.15) is 0 Å². The van der Waals surface area contributed by atoms with Crippen LogP contribution in [0.5, 0.6) is 11.5 Å². The number of benzene rings is 1. The predicted octanol–water partition coefficient (Wildman–Crippen LogP) is 2.41. The molecular weight excluding hydrogens is 352 g/mol. The minimum atomic E-state index is -0.586. The molecule has 1 amide bonds. The summed E-state index contributed by atoms with van der Waals surface area (Å²) in [4.78, 5) is 19.8. The van der Waals surface area contributed by atoms with Crippen molar-refractivity contribution in [1.82, 2.24) is 9.88 Å². The van der Waals surface area contributed by atoms with Crippen molar-refractivity contribution in [3.8, 4) is 11.5 Å². The number of piperidine rings is 1. The van der Waals surface area contributed by atoms with Crippen LogP contribution in [0.15, 0.2) is 18.2 Å². The molecule has 0 bridgehead atoms. The summed E-state index contributed by atoms with van der Waals surface area (Å²) >= 11 is 1.57. The second-order valence-corrected chi connectivity index (χ2v) is 8.12. The van der Waals surface area contributed by atoms with Gasteiger partial charge in [0.15, 0.2) is 11.5 Å². The molecule has 1 aromatic carbocycles. The Bertz CT molecular complexity index is 835. The van der Waals surface area contributed by atoms with Gasteiger partial charge in [0, 0.05) is 23.9 Å². The van der Waals surface area contributed by atoms with Crippen molar-refractivity contribution in [2.24, 2.45) is 0 Å². The van der Waals surface area contributed by atoms with Gasteiger partial charge >= 0.3 is 0 Å². The number of β-amino-alcohol motifs (C(OH)–C–C–N with tert-alkyl or cyclic N) is 1. The lowest BCUT2D eigenvalue weighted by Crippen LogP contribution is -2.46. The Balaban J connectivity index is 1.41. The highest BCUT2D eigenvalue weighted by atomic mass is 32.1. The number of hydrogen-bond donors (Lipinski definition) is 1. The molecule has 4 rings (SSSR count). The molecule has 6 nitrogen and oxygen atoms in total. The van der Waals surface area contributed by atoms with Gasteiger partial charge in [0.25, 0.3) is 0 Å². The van der Waals surface area contributed by atoms with E-state index in [0.29, 0.717) is 19.5 Å². The van der Waals surface area contributed by atoms with Crippen LogP contribution >= 0.6 is 11.3 Å². The van der Waals surface area contributed by atoms with Crippen molar-refractivity contribution >= 4 is 17.2 Å². The Morgan fingerprint density at radius 2 is 2.15 bits per heavy atom. The summed E-state index contributed by atoms with van der Waals surface area (Å²) in [6, 6.07) is 5.80. The number of fused-ring (bicyclic) bond motifs is 1. The van der Waals surface area contributed by atoms with Crippen LogP contribution in [0.4, 0.5) is 0 Å². The average molecular weight is 374 g/mol. The van der Waals surface area contributed by atoms with Crippen LogP contribution in [0.1, 0.15) is 33.5 Å². The largest absolute Gasteiger partial charge is 0.454 e. The van der Waals surface area contributed by atoms with Crippen molar-refractivity contribution in [3.63, 3.8) is 0 Å². The summed E-state index contributed by atoms with van der Waals surface area (Å²) in [5, 5.41) is 11.6. The molecule has 1 aromatic heterocycles. The number of aryl methyl sites for hydroxylation is 2. The van der Waals surface area contributed by atoms with E-state index in [1.54, 1.807) is 16.2 Å². The van der Waals surface area contributed by atoms with E-state index in [9.17, 15) is 9.90 Å². The zero-order chi connectivity index (χ0) is 18.3. The zero-order valence-corrected chi connectivity index (χ0v) is 15.7. The van der Waals surface area contributed by atoms with Gasteiger partial charge in [0.1, 0.15) is 0 Å². The van der Waals surface area contributed by atoms with Crippen LogP contribution in [0.3, 0.4) is 0 Å². The first-order chi connectivity index (χ1) is 12.5. The number of hydrogen-bond acceptors (Lipinski definition) is 6. The first-order valence-corrected chi connectivity index (χ1v) is 9.61. The summed E-state index contributed by atoms with van der Waals surface area (Å²) in [7, 11) is 0. The number of rotatable bonds is 3. The fourth-order valence-corrected chi connectivity index (χ4v) is 4.61. The smallest absolute Gasteiger partial charge is 0.231 e. The van der Waals surface area contributed by atoms with Crippen LogP contribution in [0.2, 0.25) is 0 Å². The van der Waals surface area contributed by atoms with Gasteiger partial charge < -0.3 is 19.5 Å². The Kier molecular flexibility index (Phi) is 4.58. The maximum Gasteiger partial charge on any atom is 0.231 e. The van der Waals surface area contributed by atoms with Crippen LogP contribution in [0.25, 0.3) is 0 Å². The molecule has 0 spiro atoms. The van der Waals surface area contributed by atoms with E-state index in [2.05, 4.69) is 4.98 Å². The fourth-order valence-electron chi connectivity index (χ4n) is 3.68. The van der Waals surface area contributed by atoms with Crippen LogP contribution in [0, 0.1) is 13.8 Å². The van der Waals surface area contributed by atoms with Crippen LogP contribution in [-0.4, -0.2) is 46.9 Å². The molecule has 2 aliphatic heterocycles. The Hall–Kier alpha value is -2.12. The number of amides is 1. The second-order valence-electron chi connectivity index (χ2n) is 6.83. The Morgan fingerprint density at radius 1 is 1.35 bits per heavy atom. The SMILES string of the molecule is Cc1nc(C)c(CC(=O)N2CC[C@@H](c3ccc4c(c3)OCO4)[C@H](O)C2)s1. The minimum Gasteiger partial charge on any atom is -0.454 e. The van der Waals surface area contributed by atoms with Crippen LogP contribution < -0.4 is 9.47 Å². The lowest BCUT2D eigenvalue weighted by atomic mass is 9.86. The first kappa shape index (κ1) is 17.3. The number of ether oxygens (including phenoxy) is 2. The standard InChI is InChI=1S/C19H22N2O4S/c1-11-18(26-12(2)20-11)8-19(23)21-6-5-14(15(22)9-21)13-3-4-16-17(7-13)25-10-24-16/h3-4,7,14-15,22H,5-6,8-10H2,1-2H3/t14-,15+/m0/s1. The quantitative estimate of drug-likeness (QED) is 0.893. The third kappa shape index (κ3) is 3.29. The number of carbonyl (C=O) groups is 1. The molecule has 2 aromatic rings. The van der Waals surface area contributed by atoms with E-state index >= 15 is 0 Å². The van der Waals surface area contributed by atoms with Gasteiger partial charge in [0.05, 0.1) is 23.2 Å². The summed E-state index contributed by atoms with van der Waals surface area (Å²) in [5.74, 6) is 1.52. The lowest BCUT2D eigenvalue weighted by molar-refractivity contribution is -0.133. The van der Waals surface area contributed by atoms with Gasteiger partial charge in [0.2, 0.25) is 12.7 Å². The van der Waals surface area contributed by atoms with E-state index in [1.165, 1.54) is 0 Å². The number of aliphatic hydroxyl groups is 1. The van der Waals surface area contributed by atoms with Gasteiger partial charge in [-0.1, -0.05) is 6.07 Å². The van der Waals surface area contributed by atoms with E-state index < -0.39 is 6.10 Å². The Labute approximate surface area is 156 Å². The molecule has 2 atom stereocenters. The summed E-state index contributed by atoms with van der Waals surface area (Å²) < 4.78 is 10.8. The van der Waals surface area contributed by atoms with Gasteiger partial charge in [-0.3, -0.25) is 4.79 Å². The molecule has 0 unspecified atom stereocenters. The monoisotopic (exact) mass is 374 g/mol. The number of aromatic nitrogens is 1. The molecule has 1 saturated heterocycles. The van der Waals surface area contributed by atoms with Crippen molar-refractivity contribution in [2.75, 3.05) is 19.9 Å². The third-order valence-corrected chi connectivity index (χ3v) is 6.14. The molecular formula is C19H22N2O4S. The highest BCUT2D eigenvalue weighted by molar-refractivity contribution is 7.11. The molecule has 0 radical (unpaired) electrons. The average Bonchev–Trinajstić information content (AvgIpc) is 3.20. The molecule has 7 heteroatoms. The van der Waals surface area contributed by atoms with Gasteiger partial charge in [-0.05, 0) is 38.0 Å². The highest BCUT2D eigenvalue weighted by Gasteiger charge is 2.32. The zero-order valence-electron chi connectivity index (χ0n) is 14.9. The number of thiazole rings is 1. The van der Waals surface area contributed by atoms with Gasteiger partial charge in [-0.25, -0.2) is 4.98 Å². The summed E-state index contributed by atoms with van der Waals surface area (Å²) in [6.07, 6.45) is 0.504. The minimum absolute atomic E-state index is 0.000866. The van der Waals surface area contributed by atoms with E-state index in [0.717, 1.165) is 39.1 Å². The highest BCUT2D eigenvalue weighted by Crippen LogP contribution is 2.37. The normalized spacial score (nSPS) is 21.9. The van der Waals surface area contributed by atoms with Crippen molar-refractivity contribution in [1.29, 1.82) is 0 Å². The molecule has 3 heterocycles. The van der Waals surface area contributed by atoms with Crippen molar-refractivity contribution < 1.29 is 19.4 Å². The van der Waals surface area contributed by atoms with Crippen LogP contribution in [-0.2, 0) is 11.2 Å². The molecule has 2 aliphatic rings. The molecule has 1 fully saturated rings. The molecule has 0 aliphatic carbocycles. The molecule has 138 valence electrons. The fraction of sp³-hybridized carbons (Fsp3) is 0.474. The van der Waals surface area contributed by atoms with E-state index in [1.807, 2.05) is 32.0 Å². The summed E-state index contributed by atoms with van der Waals surface area (Å²) in [5.41, 5.74) is 1.96. The van der Waals surface area contributed by atoms with E-state index in [-0.39, 0.29) is 18.6 Å². The maximum atomic E-state index is 12.6. The molecule has 1 N–H and O–H groups in total. The summed E-state index contributed by atoms with van der Waals surface area (Å²) in [6.45, 7) is 5.13. The van der Waals surface area contributed by atoms with Crippen molar-refractivity contribution in [2.45, 2.75) is 38.7 Å². The lowest BCUT2D eigenvalue weighted by Gasteiger charge is -2.36. The Morgan fingerprint density at radius 3 is 2.88 bits per heavy atom. The number of likely N-dealkylation sites (tertiary alicyclic amines) is 1. The van der Waals surface area contributed by atoms with E-state index in [4.69, 9.17) is 9.47 Å². The van der Waals surface area contributed by atoms with Gasteiger partial charge in [-0.15, -0.1) is 11.3 Å². The first-order valence-electron chi connectivity index (χ1n) is 8.79. The third-order valence-electron chi connectivity index (χ3n) is 5.07. The number of nitrogens with zero attached hydrogens (tertiary/aromatic N) is 2.